The number of nitrogens with zero attached hydrogens (tertiary/aromatic N) is 1. The molecule has 0 amide bonds. The van der Waals surface area contributed by atoms with Crippen LogP contribution in [0.15, 0.2) is 18.2 Å². The molecule has 0 N–H and O–H groups in total. The Morgan fingerprint density at radius 1 is 1.50 bits per heavy atom. The second kappa shape index (κ2) is 3.35. The molecule has 0 unspecified atom stereocenters. The van der Waals surface area contributed by atoms with Gasteiger partial charge in [-0.05, 0) is 31.9 Å². The summed E-state index contributed by atoms with van der Waals surface area (Å²) >= 11 is 0. The molecule has 1 aromatic carbocycles. The van der Waals surface area contributed by atoms with Gasteiger partial charge < -0.3 is 0 Å². The fraction of sp³-hybridized carbons (Fsp3) is 0.500. The third-order valence-corrected chi connectivity index (χ3v) is 3.03. The number of hydrogen-bond donors (Lipinski definition) is 0. The molecule has 0 spiro atoms. The average molecular weight is 192 g/mol. The molecule has 1 fully saturated rings. The lowest BCUT2D eigenvalue weighted by Crippen LogP contribution is -2.54. The fourth-order valence-corrected chi connectivity index (χ4v) is 1.79. The minimum Gasteiger partial charge on any atom is -0.294 e. The summed E-state index contributed by atoms with van der Waals surface area (Å²) in [6, 6.07) is 7.84. The summed E-state index contributed by atoms with van der Waals surface area (Å²) in [7, 11) is 0. The average Bonchev–Trinajstić information content (AvgIpc) is 2.13. The van der Waals surface area contributed by atoms with Gasteiger partial charge >= 0.3 is 0 Å². The van der Waals surface area contributed by atoms with Crippen LogP contribution in [0.3, 0.4) is 0 Å². The van der Waals surface area contributed by atoms with Crippen LogP contribution in [0.2, 0.25) is 0 Å². The van der Waals surface area contributed by atoms with Crippen LogP contribution in [0, 0.1) is 11.9 Å². The zero-order valence-corrected chi connectivity index (χ0v) is 8.68. The first-order chi connectivity index (χ1) is 6.58. The Balaban J connectivity index is 2.05. The first-order valence-corrected chi connectivity index (χ1v) is 5.00. The molecule has 1 saturated heterocycles. The number of likely N-dealkylation sites (tertiary alicyclic amines) is 1. The zero-order chi connectivity index (χ0) is 10.2. The lowest BCUT2D eigenvalue weighted by molar-refractivity contribution is 0.00780. The van der Waals surface area contributed by atoms with Crippen molar-refractivity contribution in [2.45, 2.75) is 32.4 Å². The van der Waals surface area contributed by atoms with Crippen molar-refractivity contribution in [1.29, 1.82) is 0 Å². The minimum atomic E-state index is -0.263. The van der Waals surface area contributed by atoms with Crippen molar-refractivity contribution in [1.82, 2.24) is 4.90 Å². The first-order valence-electron chi connectivity index (χ1n) is 5.00. The predicted octanol–water partition coefficient (Wildman–Crippen LogP) is 2.61. The van der Waals surface area contributed by atoms with Gasteiger partial charge in [-0.15, -0.1) is 0 Å². The summed E-state index contributed by atoms with van der Waals surface area (Å²) in [4.78, 5) is 2.35. The van der Waals surface area contributed by atoms with Gasteiger partial charge in [0.25, 0.3) is 0 Å². The number of hydrogen-bond acceptors (Lipinski definition) is 1. The van der Waals surface area contributed by atoms with E-state index in [1.165, 1.54) is 12.5 Å². The smallest absolute Gasteiger partial charge is 0.131 e. The maximum Gasteiger partial charge on any atom is 0.131 e. The van der Waals surface area contributed by atoms with Crippen LogP contribution in [0.1, 0.15) is 25.8 Å². The number of halogens is 1. The Morgan fingerprint density at radius 3 is 2.79 bits per heavy atom. The molecule has 2 heteroatoms. The topological polar surface area (TPSA) is 3.24 Å². The molecular weight excluding hydrogens is 177 g/mol. The molecule has 0 saturated carbocycles. The van der Waals surface area contributed by atoms with Gasteiger partial charge in [-0.1, -0.05) is 12.1 Å². The SMILES string of the molecule is CC1(C)CCN1Cc1[c]c(F)ccc1. The number of benzene rings is 1. The highest BCUT2D eigenvalue weighted by molar-refractivity contribution is 5.15. The third kappa shape index (κ3) is 1.80. The van der Waals surface area contributed by atoms with E-state index in [-0.39, 0.29) is 11.4 Å². The van der Waals surface area contributed by atoms with E-state index in [2.05, 4.69) is 24.8 Å². The Kier molecular flexibility index (Phi) is 2.31. The standard InChI is InChI=1S/C12H15FN/c1-12(2)6-7-14(12)9-10-4-3-5-11(13)8-10/h3-5H,6-7,9H2,1-2H3. The lowest BCUT2D eigenvalue weighted by atomic mass is 9.88. The van der Waals surface area contributed by atoms with Gasteiger partial charge in [-0.3, -0.25) is 4.90 Å². The second-order valence-corrected chi connectivity index (χ2v) is 4.51. The minimum absolute atomic E-state index is 0.263. The molecular formula is C12H15FN. The Hall–Kier alpha value is -0.890. The van der Waals surface area contributed by atoms with E-state index < -0.39 is 0 Å². The van der Waals surface area contributed by atoms with E-state index in [0.717, 1.165) is 18.7 Å². The highest BCUT2D eigenvalue weighted by atomic mass is 19.1. The zero-order valence-electron chi connectivity index (χ0n) is 8.68. The Labute approximate surface area is 84.5 Å². The third-order valence-electron chi connectivity index (χ3n) is 3.03. The molecule has 0 bridgehead atoms. The molecule has 0 aliphatic carbocycles. The largest absolute Gasteiger partial charge is 0.294 e. The van der Waals surface area contributed by atoms with E-state index in [0.29, 0.717) is 0 Å². The second-order valence-electron chi connectivity index (χ2n) is 4.51. The van der Waals surface area contributed by atoms with Gasteiger partial charge in [0.1, 0.15) is 5.82 Å². The van der Waals surface area contributed by atoms with Crippen LogP contribution < -0.4 is 0 Å². The molecule has 1 aromatic rings. The molecule has 0 aromatic heterocycles. The predicted molar refractivity (Wildman–Crippen MR) is 54.3 cm³/mol. The molecule has 1 nitrogen and oxygen atoms in total. The molecule has 1 radical (unpaired) electrons. The highest BCUT2D eigenvalue weighted by Gasteiger charge is 2.35. The van der Waals surface area contributed by atoms with Crippen molar-refractivity contribution >= 4 is 0 Å². The van der Waals surface area contributed by atoms with Gasteiger partial charge in [0, 0.05) is 24.7 Å². The van der Waals surface area contributed by atoms with Gasteiger partial charge in [0.2, 0.25) is 0 Å². The van der Waals surface area contributed by atoms with E-state index >= 15 is 0 Å². The van der Waals surface area contributed by atoms with E-state index in [4.69, 9.17) is 0 Å². The van der Waals surface area contributed by atoms with E-state index in [1.54, 1.807) is 6.07 Å². The van der Waals surface area contributed by atoms with E-state index in [9.17, 15) is 4.39 Å². The van der Waals surface area contributed by atoms with Crippen molar-refractivity contribution in [3.8, 4) is 0 Å². The van der Waals surface area contributed by atoms with Crippen molar-refractivity contribution in [3.05, 3.63) is 35.6 Å². The van der Waals surface area contributed by atoms with Crippen LogP contribution in [0.25, 0.3) is 0 Å². The van der Waals surface area contributed by atoms with Crippen LogP contribution in [0.4, 0.5) is 4.39 Å². The molecule has 1 heterocycles. The first kappa shape index (κ1) is 9.66. The van der Waals surface area contributed by atoms with Crippen molar-refractivity contribution in [2.24, 2.45) is 0 Å². The summed E-state index contributed by atoms with van der Waals surface area (Å²) in [5.74, 6) is -0.263. The van der Waals surface area contributed by atoms with Gasteiger partial charge in [-0.2, -0.15) is 0 Å². The Bertz CT molecular complexity index is 333. The molecule has 14 heavy (non-hydrogen) atoms. The maximum absolute atomic E-state index is 12.9. The summed E-state index contributed by atoms with van der Waals surface area (Å²) in [5.41, 5.74) is 1.22. The Morgan fingerprint density at radius 2 is 2.29 bits per heavy atom. The van der Waals surface area contributed by atoms with Crippen molar-refractivity contribution in [3.63, 3.8) is 0 Å². The van der Waals surface area contributed by atoms with Crippen LogP contribution in [-0.4, -0.2) is 17.0 Å². The number of rotatable bonds is 2. The highest BCUT2D eigenvalue weighted by Crippen LogP contribution is 2.30. The van der Waals surface area contributed by atoms with Crippen molar-refractivity contribution < 1.29 is 4.39 Å². The molecule has 0 atom stereocenters. The van der Waals surface area contributed by atoms with Gasteiger partial charge in [0.15, 0.2) is 0 Å². The fourth-order valence-electron chi connectivity index (χ4n) is 1.79. The van der Waals surface area contributed by atoms with Crippen LogP contribution in [-0.2, 0) is 6.54 Å². The molecule has 1 aliphatic rings. The van der Waals surface area contributed by atoms with Gasteiger partial charge in [0.05, 0.1) is 0 Å². The molecule has 2 rings (SSSR count). The van der Waals surface area contributed by atoms with Gasteiger partial charge in [-0.25, -0.2) is 4.39 Å². The molecule has 1 aliphatic heterocycles. The lowest BCUT2D eigenvalue weighted by Gasteiger charge is -2.48. The molecule has 75 valence electrons. The maximum atomic E-state index is 12.9. The summed E-state index contributed by atoms with van der Waals surface area (Å²) in [5, 5.41) is 0. The van der Waals surface area contributed by atoms with Crippen LogP contribution in [0.5, 0.6) is 0 Å². The monoisotopic (exact) mass is 192 g/mol. The van der Waals surface area contributed by atoms with Crippen molar-refractivity contribution in [2.75, 3.05) is 6.54 Å². The van der Waals surface area contributed by atoms with E-state index in [1.807, 2.05) is 6.07 Å². The summed E-state index contributed by atoms with van der Waals surface area (Å²) in [6.07, 6.45) is 1.22. The normalized spacial score (nSPS) is 20.5. The summed E-state index contributed by atoms with van der Waals surface area (Å²) in [6.45, 7) is 6.35. The van der Waals surface area contributed by atoms with Crippen LogP contribution >= 0.6 is 0 Å². The summed E-state index contributed by atoms with van der Waals surface area (Å²) < 4.78 is 12.9. The quantitative estimate of drug-likeness (QED) is 0.696.